The predicted molar refractivity (Wildman–Crippen MR) is 81.0 cm³/mol. The maximum Gasteiger partial charge on any atom is 0.138 e. The van der Waals surface area contributed by atoms with Gasteiger partial charge in [-0.25, -0.2) is 0 Å². The molecule has 20 heavy (non-hydrogen) atoms. The molecule has 106 valence electrons. The van der Waals surface area contributed by atoms with Gasteiger partial charge in [-0.3, -0.25) is 0 Å². The molecule has 2 aromatic rings. The topological polar surface area (TPSA) is 55.5 Å². The summed E-state index contributed by atoms with van der Waals surface area (Å²) in [5.74, 6) is 0.650. The number of halogens is 1. The van der Waals surface area contributed by atoms with Crippen LogP contribution in [0.25, 0.3) is 0 Å². The number of aliphatic hydroxyl groups is 1. The molecule has 1 unspecified atom stereocenters. The van der Waals surface area contributed by atoms with Crippen molar-refractivity contribution in [2.24, 2.45) is 5.73 Å². The minimum atomic E-state index is -0.262. The first-order valence-electron chi connectivity index (χ1n) is 6.50. The summed E-state index contributed by atoms with van der Waals surface area (Å²) in [6, 6.07) is 15.2. The van der Waals surface area contributed by atoms with Gasteiger partial charge in [0.05, 0.1) is 11.6 Å². The lowest BCUT2D eigenvalue weighted by atomic mass is 10.1. The number of hydrogen-bond acceptors (Lipinski definition) is 3. The van der Waals surface area contributed by atoms with Crippen molar-refractivity contribution in [3.63, 3.8) is 0 Å². The monoisotopic (exact) mass is 291 g/mol. The van der Waals surface area contributed by atoms with Crippen LogP contribution in [0.2, 0.25) is 5.02 Å². The zero-order valence-corrected chi connectivity index (χ0v) is 11.9. The molecule has 2 aromatic carbocycles. The summed E-state index contributed by atoms with van der Waals surface area (Å²) in [4.78, 5) is 0. The highest BCUT2D eigenvalue weighted by molar-refractivity contribution is 6.32. The molecule has 0 fully saturated rings. The fraction of sp³-hybridized carbons (Fsp3) is 0.250. The highest BCUT2D eigenvalue weighted by Crippen LogP contribution is 2.26. The SMILES string of the molecule is NC(CO)Cc1ccc(OCc2ccccc2)c(Cl)c1. The second-order valence-corrected chi connectivity index (χ2v) is 5.09. The van der Waals surface area contributed by atoms with Gasteiger partial charge in [0.15, 0.2) is 0 Å². The lowest BCUT2D eigenvalue weighted by Crippen LogP contribution is -2.26. The second kappa shape index (κ2) is 7.29. The molecule has 0 aliphatic rings. The van der Waals surface area contributed by atoms with E-state index in [4.69, 9.17) is 27.2 Å². The van der Waals surface area contributed by atoms with Gasteiger partial charge in [0.25, 0.3) is 0 Å². The van der Waals surface area contributed by atoms with Crippen LogP contribution in [0.4, 0.5) is 0 Å². The normalized spacial score (nSPS) is 12.2. The van der Waals surface area contributed by atoms with Crippen LogP contribution < -0.4 is 10.5 Å². The van der Waals surface area contributed by atoms with Gasteiger partial charge in [-0.05, 0) is 29.7 Å². The maximum absolute atomic E-state index is 8.95. The van der Waals surface area contributed by atoms with Crippen molar-refractivity contribution in [2.45, 2.75) is 19.1 Å². The molecule has 0 aliphatic heterocycles. The van der Waals surface area contributed by atoms with Gasteiger partial charge >= 0.3 is 0 Å². The summed E-state index contributed by atoms with van der Waals surface area (Å²) in [5, 5.41) is 9.51. The number of ether oxygens (including phenoxy) is 1. The molecule has 0 heterocycles. The fourth-order valence-corrected chi connectivity index (χ4v) is 2.15. The molecule has 3 nitrogen and oxygen atoms in total. The first-order valence-corrected chi connectivity index (χ1v) is 6.88. The van der Waals surface area contributed by atoms with Gasteiger partial charge in [-0.2, -0.15) is 0 Å². The largest absolute Gasteiger partial charge is 0.487 e. The number of rotatable bonds is 6. The Morgan fingerprint density at radius 1 is 1.10 bits per heavy atom. The Hall–Kier alpha value is -1.55. The zero-order valence-electron chi connectivity index (χ0n) is 11.1. The second-order valence-electron chi connectivity index (χ2n) is 4.69. The summed E-state index contributed by atoms with van der Waals surface area (Å²) in [6.45, 7) is 0.444. The zero-order chi connectivity index (χ0) is 14.4. The number of nitrogens with two attached hydrogens (primary N) is 1. The van der Waals surface area contributed by atoms with Crippen molar-refractivity contribution in [1.82, 2.24) is 0 Å². The molecule has 0 saturated carbocycles. The number of hydrogen-bond donors (Lipinski definition) is 2. The molecule has 0 spiro atoms. The molecule has 0 amide bonds. The van der Waals surface area contributed by atoms with Crippen LogP contribution in [0.5, 0.6) is 5.75 Å². The summed E-state index contributed by atoms with van der Waals surface area (Å²) in [5.41, 5.74) is 7.79. The van der Waals surface area contributed by atoms with Crippen LogP contribution in [0, 0.1) is 0 Å². The lowest BCUT2D eigenvalue weighted by Gasteiger charge is -2.11. The fourth-order valence-electron chi connectivity index (χ4n) is 1.89. The maximum atomic E-state index is 8.95. The van der Waals surface area contributed by atoms with Crippen molar-refractivity contribution in [3.8, 4) is 5.75 Å². The van der Waals surface area contributed by atoms with Crippen LogP contribution in [-0.2, 0) is 13.0 Å². The molecule has 0 bridgehead atoms. The Kier molecular flexibility index (Phi) is 5.41. The van der Waals surface area contributed by atoms with E-state index in [0.717, 1.165) is 11.1 Å². The molecule has 4 heteroatoms. The molecule has 0 aromatic heterocycles. The van der Waals surface area contributed by atoms with Crippen molar-refractivity contribution >= 4 is 11.6 Å². The highest BCUT2D eigenvalue weighted by atomic mass is 35.5. The van der Waals surface area contributed by atoms with Gasteiger partial charge in [0.1, 0.15) is 12.4 Å². The minimum Gasteiger partial charge on any atom is -0.487 e. The summed E-state index contributed by atoms with van der Waals surface area (Å²) < 4.78 is 5.70. The van der Waals surface area contributed by atoms with Crippen LogP contribution in [0.1, 0.15) is 11.1 Å². The van der Waals surface area contributed by atoms with Crippen LogP contribution in [0.15, 0.2) is 48.5 Å². The average molecular weight is 292 g/mol. The first kappa shape index (κ1) is 14.9. The Labute approximate surface area is 123 Å². The molecular formula is C16H18ClNO2. The van der Waals surface area contributed by atoms with Gasteiger partial charge < -0.3 is 15.6 Å². The minimum absolute atomic E-state index is 0.0378. The van der Waals surface area contributed by atoms with Gasteiger partial charge in [-0.15, -0.1) is 0 Å². The van der Waals surface area contributed by atoms with E-state index in [-0.39, 0.29) is 12.6 Å². The van der Waals surface area contributed by atoms with Gasteiger partial charge in [0.2, 0.25) is 0 Å². The van der Waals surface area contributed by atoms with E-state index in [1.807, 2.05) is 48.5 Å². The van der Waals surface area contributed by atoms with Crippen LogP contribution in [-0.4, -0.2) is 17.8 Å². The van der Waals surface area contributed by atoms with Crippen molar-refractivity contribution in [1.29, 1.82) is 0 Å². The van der Waals surface area contributed by atoms with Crippen molar-refractivity contribution in [2.75, 3.05) is 6.61 Å². The molecule has 0 radical (unpaired) electrons. The third-order valence-corrected chi connectivity index (χ3v) is 3.26. The Morgan fingerprint density at radius 2 is 1.85 bits per heavy atom. The molecule has 0 saturated heterocycles. The van der Waals surface area contributed by atoms with E-state index in [1.54, 1.807) is 0 Å². The predicted octanol–water partition coefficient (Wildman–Crippen LogP) is 2.78. The third kappa shape index (κ3) is 4.23. The van der Waals surface area contributed by atoms with E-state index >= 15 is 0 Å². The molecular weight excluding hydrogens is 274 g/mol. The number of benzene rings is 2. The molecule has 3 N–H and O–H groups in total. The van der Waals surface area contributed by atoms with E-state index < -0.39 is 0 Å². The first-order chi connectivity index (χ1) is 9.69. The highest BCUT2D eigenvalue weighted by Gasteiger charge is 2.07. The Bertz CT molecular complexity index is 545. The standard InChI is InChI=1S/C16H18ClNO2/c17-15-9-13(8-14(18)10-19)6-7-16(15)20-11-12-4-2-1-3-5-12/h1-7,9,14,19H,8,10-11,18H2. The molecule has 1 atom stereocenters. The van der Waals surface area contributed by atoms with Crippen LogP contribution in [0.3, 0.4) is 0 Å². The average Bonchev–Trinajstić information content (AvgIpc) is 2.47. The van der Waals surface area contributed by atoms with E-state index in [0.29, 0.717) is 23.8 Å². The quantitative estimate of drug-likeness (QED) is 0.860. The lowest BCUT2D eigenvalue weighted by molar-refractivity contribution is 0.265. The van der Waals surface area contributed by atoms with Gasteiger partial charge in [-0.1, -0.05) is 48.0 Å². The molecule has 0 aliphatic carbocycles. The smallest absolute Gasteiger partial charge is 0.138 e. The molecule has 2 rings (SSSR count). The summed E-state index contributed by atoms with van der Waals surface area (Å²) in [6.07, 6.45) is 0.592. The Morgan fingerprint density at radius 3 is 2.50 bits per heavy atom. The van der Waals surface area contributed by atoms with Crippen molar-refractivity contribution < 1.29 is 9.84 Å². The Balaban J connectivity index is 1.99. The van der Waals surface area contributed by atoms with E-state index in [2.05, 4.69) is 0 Å². The third-order valence-electron chi connectivity index (χ3n) is 2.97. The van der Waals surface area contributed by atoms with Crippen molar-refractivity contribution in [3.05, 3.63) is 64.7 Å². The van der Waals surface area contributed by atoms with Crippen LogP contribution >= 0.6 is 11.6 Å². The van der Waals surface area contributed by atoms with Gasteiger partial charge in [0, 0.05) is 6.04 Å². The van der Waals surface area contributed by atoms with E-state index in [1.165, 1.54) is 0 Å². The summed E-state index contributed by atoms with van der Waals surface area (Å²) >= 11 is 6.19. The van der Waals surface area contributed by atoms with E-state index in [9.17, 15) is 0 Å². The number of aliphatic hydroxyl groups excluding tert-OH is 1. The summed E-state index contributed by atoms with van der Waals surface area (Å²) in [7, 11) is 0.